The van der Waals surface area contributed by atoms with Crippen molar-refractivity contribution in [1.82, 2.24) is 0 Å². The molecular weight excluding hydrogens is 927 g/mol. The van der Waals surface area contributed by atoms with Gasteiger partial charge in [-0.3, -0.25) is 4.79 Å². The van der Waals surface area contributed by atoms with E-state index in [2.05, 4.69) is 52.4 Å². The second-order valence-electron chi connectivity index (χ2n) is 18.7. The molecule has 6 atom stereocenters. The van der Waals surface area contributed by atoms with Gasteiger partial charge in [-0.2, -0.15) is 0 Å². The van der Waals surface area contributed by atoms with Crippen LogP contribution in [0.1, 0.15) is 121 Å². The molecule has 9 nitrogen and oxygen atoms in total. The molecule has 6 unspecified atom stereocenters. The fraction of sp³-hybridized carbons (Fsp3) is 0.900. The second-order valence-corrected chi connectivity index (χ2v) is 41.7. The number of esters is 2. The van der Waals surface area contributed by atoms with Crippen LogP contribution in [0.2, 0.25) is 58.4 Å². The first-order valence-corrected chi connectivity index (χ1v) is 38.4. The van der Waals surface area contributed by atoms with Crippen molar-refractivity contribution in [2.75, 3.05) is 13.2 Å². The second kappa shape index (κ2) is 26.7. The number of ether oxygens (including phenoxy) is 2. The summed E-state index contributed by atoms with van der Waals surface area (Å²) >= 11 is 9.79. The van der Waals surface area contributed by atoms with E-state index in [1.807, 2.05) is 13.5 Å². The van der Waals surface area contributed by atoms with Gasteiger partial charge in [0.15, 0.2) is 16.6 Å². The third kappa shape index (κ3) is 20.7. The highest BCUT2D eigenvalue weighted by molar-refractivity contribution is 8.34. The molecule has 4 saturated carbocycles. The highest BCUT2D eigenvalue weighted by atomic mass is 32.9. The SMILES string of the molecule is C.C.C.C.C=C(C)C(=O)OCCC1CCC2(CC1)CC2[P+]([O-])=S=S.CC(C[Si](C)(O[Si](C)O[Si](C)(C)C)O[Si](C)(C)C)C(=O)OCCC1CCC2(CC1)CC2[P+]([O-])=S=S. The van der Waals surface area contributed by atoms with Crippen LogP contribution >= 0.6 is 13.8 Å². The van der Waals surface area contributed by atoms with Gasteiger partial charge in [0, 0.05) is 57.7 Å². The van der Waals surface area contributed by atoms with Gasteiger partial charge >= 0.3 is 29.8 Å². The average molecular weight is 1010 g/mol. The summed E-state index contributed by atoms with van der Waals surface area (Å²) in [5.74, 6) is 0.504. The molecule has 0 bridgehead atoms. The normalized spacial score (nSPS) is 27.6. The van der Waals surface area contributed by atoms with E-state index < -0.39 is 48.3 Å². The topological polar surface area (TPSA) is 126 Å². The summed E-state index contributed by atoms with van der Waals surface area (Å²) in [4.78, 5) is 48.0. The molecular formula is C40H83O9P2S4Si4. The van der Waals surface area contributed by atoms with Crippen molar-refractivity contribution in [2.24, 2.45) is 28.6 Å². The van der Waals surface area contributed by atoms with Crippen molar-refractivity contribution in [3.8, 4) is 0 Å². The number of rotatable bonds is 18. The van der Waals surface area contributed by atoms with Gasteiger partial charge in [0.1, 0.15) is 44.2 Å². The van der Waals surface area contributed by atoms with E-state index in [1.54, 1.807) is 6.92 Å². The van der Waals surface area contributed by atoms with Crippen molar-refractivity contribution in [3.63, 3.8) is 0 Å². The Kier molecular flexibility index (Phi) is 28.0. The third-order valence-electron chi connectivity index (χ3n) is 11.4. The minimum atomic E-state index is -2.60. The van der Waals surface area contributed by atoms with Gasteiger partial charge in [0.2, 0.25) is 0 Å². The quantitative estimate of drug-likeness (QED) is 0.0564. The minimum absolute atomic E-state index is 0. The van der Waals surface area contributed by atoms with Crippen LogP contribution in [0.15, 0.2) is 12.2 Å². The Morgan fingerprint density at radius 3 is 1.54 bits per heavy atom. The lowest BCUT2D eigenvalue weighted by molar-refractivity contribution is -0.153. The van der Waals surface area contributed by atoms with Crippen molar-refractivity contribution < 1.29 is 41.2 Å². The fourth-order valence-corrected chi connectivity index (χ4v) is 29.6. The van der Waals surface area contributed by atoms with Gasteiger partial charge in [-0.1, -0.05) is 43.2 Å². The molecule has 19 heteroatoms. The monoisotopic (exact) mass is 1010 g/mol. The first-order chi connectivity index (χ1) is 25.5. The summed E-state index contributed by atoms with van der Waals surface area (Å²) in [6.07, 6.45) is 13.2. The molecule has 0 N–H and O–H groups in total. The van der Waals surface area contributed by atoms with E-state index >= 15 is 0 Å². The largest absolute Gasteiger partial charge is 0.619 e. The maximum absolute atomic E-state index is 12.8. The van der Waals surface area contributed by atoms with Crippen LogP contribution in [0.4, 0.5) is 0 Å². The number of hydrogen-bond donors (Lipinski definition) is 0. The zero-order valence-electron chi connectivity index (χ0n) is 34.9. The summed E-state index contributed by atoms with van der Waals surface area (Å²) in [6, 6.07) is 0.583. The lowest BCUT2D eigenvalue weighted by Gasteiger charge is -2.37. The molecule has 1 radical (unpaired) electrons. The van der Waals surface area contributed by atoms with Gasteiger partial charge in [-0.15, -0.1) is 0 Å². The third-order valence-corrected chi connectivity index (χ3v) is 31.3. The number of carbonyl (C=O) groups is 2. The standard InChI is InChI=1S/C22H46O6PS2Si4.C14H21O3PS2.4CH4/c1-18(17-35(9,28-34(6,7)8)27-32(2)26-33(3,4)5)21(23)25-15-12-19-10-13-22(14-11-19)16-20(22)29(24)31-30;1-10(2)13(15)17-8-5-11-3-6-14(7-4-11)9-12(14)18(16)20-19;;;;/h18-20H,10-17H2,1-9H3;11-12H,1,3-9H2,2H3;4*1H4. The molecule has 59 heavy (non-hydrogen) atoms. The summed E-state index contributed by atoms with van der Waals surface area (Å²) < 4.78 is 30.1. The Morgan fingerprint density at radius 2 is 1.19 bits per heavy atom. The molecule has 2 spiro atoms. The Hall–Kier alpha value is 0.828. The van der Waals surface area contributed by atoms with Crippen molar-refractivity contribution in [1.29, 1.82) is 0 Å². The van der Waals surface area contributed by atoms with E-state index in [9.17, 15) is 19.4 Å². The number of hydrogen-bond acceptors (Lipinski definition) is 11. The molecule has 4 fully saturated rings. The average Bonchev–Trinajstić information content (AvgIpc) is 3.98. The van der Waals surface area contributed by atoms with E-state index in [1.165, 1.54) is 0 Å². The van der Waals surface area contributed by atoms with Gasteiger partial charge in [0.25, 0.3) is 0 Å². The van der Waals surface area contributed by atoms with Gasteiger partial charge in [-0.05, 0) is 135 Å². The molecule has 4 aliphatic carbocycles. The lowest BCUT2D eigenvalue weighted by Crippen LogP contribution is -2.53. The molecule has 0 amide bonds. The Labute approximate surface area is 384 Å². The van der Waals surface area contributed by atoms with E-state index in [0.717, 1.165) is 96.0 Å². The molecule has 0 aliphatic heterocycles. The van der Waals surface area contributed by atoms with Crippen LogP contribution in [0, 0.1) is 28.6 Å². The molecule has 4 rings (SSSR count). The molecule has 4 aliphatic rings. The summed E-state index contributed by atoms with van der Waals surface area (Å²) in [6.45, 7) is 22.7. The van der Waals surface area contributed by atoms with Crippen LogP contribution in [0.25, 0.3) is 0 Å². The van der Waals surface area contributed by atoms with E-state index in [4.69, 9.17) is 44.2 Å². The Morgan fingerprint density at radius 1 is 0.780 bits per heavy atom. The van der Waals surface area contributed by atoms with E-state index in [0.29, 0.717) is 58.8 Å². The van der Waals surface area contributed by atoms with Crippen LogP contribution in [0.3, 0.4) is 0 Å². The minimum Gasteiger partial charge on any atom is -0.619 e. The molecule has 347 valence electrons. The van der Waals surface area contributed by atoms with Crippen molar-refractivity contribution in [3.05, 3.63) is 12.2 Å². The summed E-state index contributed by atoms with van der Waals surface area (Å²) in [5, 5.41) is 0. The molecule has 0 heterocycles. The smallest absolute Gasteiger partial charge is 0.360 e. The highest BCUT2D eigenvalue weighted by Gasteiger charge is 2.62. The van der Waals surface area contributed by atoms with Crippen LogP contribution < -0.4 is 9.79 Å². The molecule has 0 saturated heterocycles. The molecule has 0 aromatic carbocycles. The summed E-state index contributed by atoms with van der Waals surface area (Å²) in [7, 11) is -5.39. The van der Waals surface area contributed by atoms with Crippen molar-refractivity contribution in [2.45, 2.75) is 190 Å². The van der Waals surface area contributed by atoms with Gasteiger partial charge in [-0.25, -0.2) is 4.79 Å². The van der Waals surface area contributed by atoms with Crippen molar-refractivity contribution >= 4 is 102 Å². The van der Waals surface area contributed by atoms with Crippen LogP contribution in [-0.4, -0.2) is 70.9 Å². The van der Waals surface area contributed by atoms with Crippen LogP contribution in [-0.2, 0) is 72.8 Å². The molecule has 0 aromatic heterocycles. The first-order valence-electron chi connectivity index (χ1n) is 19.9. The summed E-state index contributed by atoms with van der Waals surface area (Å²) in [5.41, 5.74) is 1.79. The maximum atomic E-state index is 12.8. The predicted molar refractivity (Wildman–Crippen MR) is 269 cm³/mol. The zero-order chi connectivity index (χ0) is 41.4. The van der Waals surface area contributed by atoms with Crippen LogP contribution in [0.5, 0.6) is 0 Å². The molecule has 0 aromatic rings. The van der Waals surface area contributed by atoms with Gasteiger partial charge in [0.05, 0.1) is 19.1 Å². The Balaban J connectivity index is 0. The number of carbonyl (C=O) groups excluding carboxylic acids is 2. The maximum Gasteiger partial charge on any atom is 0.360 e. The zero-order valence-corrected chi connectivity index (χ0v) is 44.0. The Bertz CT molecular complexity index is 1470. The van der Waals surface area contributed by atoms with E-state index in [-0.39, 0.29) is 47.6 Å². The predicted octanol–water partition coefficient (Wildman–Crippen LogP) is 10.8. The first kappa shape index (κ1) is 61.9. The van der Waals surface area contributed by atoms with Gasteiger partial charge < -0.3 is 31.6 Å². The highest BCUT2D eigenvalue weighted by Crippen LogP contribution is 2.66. The lowest BCUT2D eigenvalue weighted by atomic mass is 9.78. The fourth-order valence-electron chi connectivity index (χ4n) is 8.57.